The first-order chi connectivity index (χ1) is 12.0. The maximum atomic E-state index is 12.9. The molecular formula is C17H18N4O3S. The number of amides is 1. The van der Waals surface area contributed by atoms with Crippen LogP contribution in [0.5, 0.6) is 0 Å². The van der Waals surface area contributed by atoms with Gasteiger partial charge in [-0.05, 0) is 25.5 Å². The Morgan fingerprint density at radius 1 is 1.24 bits per heavy atom. The maximum absolute atomic E-state index is 12.9. The predicted molar refractivity (Wildman–Crippen MR) is 97.0 cm³/mol. The van der Waals surface area contributed by atoms with Crippen LogP contribution in [0.4, 0.5) is 0 Å². The number of hydrogen-bond acceptors (Lipinski definition) is 5. The van der Waals surface area contributed by atoms with Crippen LogP contribution >= 0.6 is 11.3 Å². The molecule has 0 saturated heterocycles. The molecule has 2 N–H and O–H groups in total. The molecule has 3 aromatic rings. The van der Waals surface area contributed by atoms with Crippen molar-refractivity contribution in [2.24, 2.45) is 5.73 Å². The largest absolute Gasteiger partial charge is 0.369 e. The van der Waals surface area contributed by atoms with Crippen molar-refractivity contribution < 1.29 is 4.79 Å². The Hall–Kier alpha value is -2.74. The number of primary amides is 1. The summed E-state index contributed by atoms with van der Waals surface area (Å²) in [7, 11) is 0. The second kappa shape index (κ2) is 6.64. The van der Waals surface area contributed by atoms with E-state index in [0.717, 1.165) is 0 Å². The minimum Gasteiger partial charge on any atom is -0.369 e. The van der Waals surface area contributed by atoms with Crippen molar-refractivity contribution in [1.29, 1.82) is 0 Å². The van der Waals surface area contributed by atoms with Crippen LogP contribution in [0.25, 0.3) is 10.9 Å². The summed E-state index contributed by atoms with van der Waals surface area (Å²) >= 11 is 1.30. The number of hydrogen-bond donors (Lipinski definition) is 1. The fourth-order valence-corrected chi connectivity index (χ4v) is 3.86. The molecule has 0 aliphatic heterocycles. The maximum Gasteiger partial charge on any atom is 0.331 e. The van der Waals surface area contributed by atoms with E-state index in [9.17, 15) is 14.4 Å². The Bertz CT molecular complexity index is 1050. The molecule has 3 rings (SSSR count). The van der Waals surface area contributed by atoms with E-state index in [1.807, 2.05) is 6.92 Å². The molecule has 8 heteroatoms. The van der Waals surface area contributed by atoms with Crippen molar-refractivity contribution in [2.45, 2.75) is 32.9 Å². The Morgan fingerprint density at radius 3 is 2.52 bits per heavy atom. The van der Waals surface area contributed by atoms with Gasteiger partial charge in [0.2, 0.25) is 5.91 Å². The van der Waals surface area contributed by atoms with Crippen molar-refractivity contribution in [3.05, 3.63) is 61.2 Å². The molecule has 1 aromatic carbocycles. The van der Waals surface area contributed by atoms with Crippen molar-refractivity contribution in [1.82, 2.24) is 14.1 Å². The lowest BCUT2D eigenvalue weighted by molar-refractivity contribution is -0.118. The van der Waals surface area contributed by atoms with Crippen LogP contribution < -0.4 is 17.0 Å². The molecule has 2 heterocycles. The van der Waals surface area contributed by atoms with Gasteiger partial charge in [0.15, 0.2) is 0 Å². The molecule has 1 amide bonds. The van der Waals surface area contributed by atoms with Crippen LogP contribution in [-0.4, -0.2) is 20.0 Å². The van der Waals surface area contributed by atoms with E-state index >= 15 is 0 Å². The minimum atomic E-state index is -0.829. The van der Waals surface area contributed by atoms with Gasteiger partial charge < -0.3 is 5.73 Å². The number of thiazole rings is 1. The SMILES string of the molecule is CCn1c(=O)c2c(C(C(N)=O)c3nccs3)cccc2n(CC)c1=O. The lowest BCUT2D eigenvalue weighted by Crippen LogP contribution is -2.40. The molecule has 1 unspecified atom stereocenters. The second-order valence-corrected chi connectivity index (χ2v) is 6.45. The smallest absolute Gasteiger partial charge is 0.331 e. The first-order valence-electron chi connectivity index (χ1n) is 7.96. The average Bonchev–Trinajstić information content (AvgIpc) is 3.09. The number of aryl methyl sites for hydroxylation is 1. The zero-order valence-electron chi connectivity index (χ0n) is 13.9. The van der Waals surface area contributed by atoms with Crippen molar-refractivity contribution >= 4 is 28.1 Å². The van der Waals surface area contributed by atoms with Gasteiger partial charge in [-0.25, -0.2) is 9.78 Å². The van der Waals surface area contributed by atoms with Gasteiger partial charge in [0, 0.05) is 24.7 Å². The first kappa shape index (κ1) is 17.1. The zero-order chi connectivity index (χ0) is 18.1. The minimum absolute atomic E-state index is 0.250. The molecule has 0 fully saturated rings. The van der Waals surface area contributed by atoms with E-state index in [4.69, 9.17) is 5.73 Å². The fraction of sp³-hybridized carbons (Fsp3) is 0.294. The Balaban J connectivity index is 2.47. The van der Waals surface area contributed by atoms with Crippen LogP contribution in [0.15, 0.2) is 39.4 Å². The molecule has 0 bridgehead atoms. The fourth-order valence-electron chi connectivity index (χ4n) is 3.10. The number of fused-ring (bicyclic) bond motifs is 1. The first-order valence-corrected chi connectivity index (χ1v) is 8.84. The van der Waals surface area contributed by atoms with Crippen LogP contribution in [-0.2, 0) is 17.9 Å². The summed E-state index contributed by atoms with van der Waals surface area (Å²) in [5.74, 6) is -1.41. The van der Waals surface area contributed by atoms with E-state index in [1.54, 1.807) is 36.7 Å². The Kier molecular flexibility index (Phi) is 4.54. The van der Waals surface area contributed by atoms with Gasteiger partial charge in [-0.3, -0.25) is 18.7 Å². The average molecular weight is 358 g/mol. The van der Waals surface area contributed by atoms with Gasteiger partial charge in [0.1, 0.15) is 10.9 Å². The van der Waals surface area contributed by atoms with Gasteiger partial charge in [0.05, 0.1) is 10.9 Å². The summed E-state index contributed by atoms with van der Waals surface area (Å²) in [6.45, 7) is 4.24. The third-order valence-corrected chi connectivity index (χ3v) is 5.05. The molecule has 0 spiro atoms. The number of nitrogens with two attached hydrogens (primary N) is 1. The van der Waals surface area contributed by atoms with E-state index in [-0.39, 0.29) is 12.2 Å². The molecule has 2 aromatic heterocycles. The molecule has 130 valence electrons. The molecule has 7 nitrogen and oxygen atoms in total. The van der Waals surface area contributed by atoms with Gasteiger partial charge >= 0.3 is 5.69 Å². The van der Waals surface area contributed by atoms with Crippen LogP contribution in [0.1, 0.15) is 30.3 Å². The Labute approximate surface area is 147 Å². The third-order valence-electron chi connectivity index (χ3n) is 4.21. The van der Waals surface area contributed by atoms with E-state index in [1.165, 1.54) is 20.5 Å². The van der Waals surface area contributed by atoms with Crippen molar-refractivity contribution in [3.63, 3.8) is 0 Å². The van der Waals surface area contributed by atoms with Crippen molar-refractivity contribution in [2.75, 3.05) is 0 Å². The summed E-state index contributed by atoms with van der Waals surface area (Å²) < 4.78 is 2.71. The highest BCUT2D eigenvalue weighted by Crippen LogP contribution is 2.30. The topological polar surface area (TPSA) is 100.0 Å². The highest BCUT2D eigenvalue weighted by atomic mass is 32.1. The monoisotopic (exact) mass is 358 g/mol. The summed E-state index contributed by atoms with van der Waals surface area (Å²) in [5, 5.41) is 2.62. The number of benzene rings is 1. The standard InChI is InChI=1S/C17H18N4O3S/c1-3-20-11-7-5-6-10(12(11)16(23)21(4-2)17(20)24)13(14(18)22)15-19-8-9-25-15/h5-9,13H,3-4H2,1-2H3,(H2,18,22). The third kappa shape index (κ3) is 2.68. The highest BCUT2D eigenvalue weighted by Gasteiger charge is 2.27. The molecule has 25 heavy (non-hydrogen) atoms. The zero-order valence-corrected chi connectivity index (χ0v) is 14.7. The van der Waals surface area contributed by atoms with E-state index in [2.05, 4.69) is 4.98 Å². The summed E-state index contributed by atoms with van der Waals surface area (Å²) in [4.78, 5) is 41.8. The van der Waals surface area contributed by atoms with Crippen LogP contribution in [0, 0.1) is 0 Å². The summed E-state index contributed by atoms with van der Waals surface area (Å²) in [6, 6.07) is 5.14. The Morgan fingerprint density at radius 2 is 1.96 bits per heavy atom. The molecule has 1 atom stereocenters. The van der Waals surface area contributed by atoms with Gasteiger partial charge in [-0.1, -0.05) is 12.1 Å². The number of carbonyl (C=O) groups excluding carboxylic acids is 1. The molecule has 0 aliphatic rings. The molecule has 0 saturated carbocycles. The molecule has 0 aliphatic carbocycles. The van der Waals surface area contributed by atoms with Gasteiger partial charge in [-0.2, -0.15) is 0 Å². The molecular weight excluding hydrogens is 340 g/mol. The lowest BCUT2D eigenvalue weighted by atomic mass is 9.95. The van der Waals surface area contributed by atoms with Crippen LogP contribution in [0.2, 0.25) is 0 Å². The van der Waals surface area contributed by atoms with Gasteiger partial charge in [-0.15, -0.1) is 11.3 Å². The number of nitrogens with zero attached hydrogens (tertiary/aromatic N) is 3. The number of aromatic nitrogens is 3. The van der Waals surface area contributed by atoms with Crippen molar-refractivity contribution in [3.8, 4) is 0 Å². The predicted octanol–water partition coefficient (Wildman–Crippen LogP) is 1.28. The second-order valence-electron chi connectivity index (χ2n) is 5.52. The highest BCUT2D eigenvalue weighted by molar-refractivity contribution is 7.09. The van der Waals surface area contributed by atoms with Crippen LogP contribution in [0.3, 0.4) is 0 Å². The number of rotatable bonds is 5. The summed E-state index contributed by atoms with van der Waals surface area (Å²) in [6.07, 6.45) is 1.59. The van der Waals surface area contributed by atoms with E-state index < -0.39 is 17.4 Å². The quantitative estimate of drug-likeness (QED) is 0.742. The normalized spacial score (nSPS) is 12.4. The summed E-state index contributed by atoms with van der Waals surface area (Å²) in [5.41, 5.74) is 5.84. The van der Waals surface area contributed by atoms with E-state index in [0.29, 0.717) is 28.0 Å². The molecule has 0 radical (unpaired) electrons. The number of carbonyl (C=O) groups is 1. The lowest BCUT2D eigenvalue weighted by Gasteiger charge is -2.17. The van der Waals surface area contributed by atoms with Gasteiger partial charge in [0.25, 0.3) is 5.56 Å².